The zero-order valence-corrected chi connectivity index (χ0v) is 13.9. The van der Waals surface area contributed by atoms with Crippen molar-refractivity contribution in [3.8, 4) is 11.4 Å². The van der Waals surface area contributed by atoms with Crippen molar-refractivity contribution in [2.24, 2.45) is 0 Å². The predicted octanol–water partition coefficient (Wildman–Crippen LogP) is 3.75. The van der Waals surface area contributed by atoms with Crippen LogP contribution in [-0.4, -0.2) is 22.8 Å². The number of nitrogens with one attached hydrogen (secondary N) is 1. The fraction of sp³-hybridized carbons (Fsp3) is 0.158. The molecule has 5 heteroatoms. The maximum absolute atomic E-state index is 12.5. The lowest BCUT2D eigenvalue weighted by atomic mass is 10.2. The standard InChI is InChI=1S/C19H19N3O2/c1-13-7-4-5-10-17(13)20-19(23)18-11-14(2)22(21-18)15-8-6-9-16(12-15)24-3/h4-12H,1-3H3,(H,20,23). The number of amides is 1. The molecule has 1 N–H and O–H groups in total. The molecule has 3 aromatic rings. The Balaban J connectivity index is 1.88. The van der Waals surface area contributed by atoms with Crippen LogP contribution in [0.2, 0.25) is 0 Å². The normalized spacial score (nSPS) is 10.5. The van der Waals surface area contributed by atoms with Gasteiger partial charge >= 0.3 is 0 Å². The molecule has 0 unspecified atom stereocenters. The number of aryl methyl sites for hydroxylation is 2. The molecular weight excluding hydrogens is 302 g/mol. The van der Waals surface area contributed by atoms with Gasteiger partial charge in [0.25, 0.3) is 5.91 Å². The largest absolute Gasteiger partial charge is 0.497 e. The SMILES string of the molecule is COc1cccc(-n2nc(C(=O)Nc3ccccc3C)cc2C)c1. The highest BCUT2D eigenvalue weighted by Gasteiger charge is 2.14. The Kier molecular flexibility index (Phi) is 4.33. The second-order valence-corrected chi connectivity index (χ2v) is 5.55. The number of anilines is 1. The Morgan fingerprint density at radius 2 is 1.88 bits per heavy atom. The van der Waals surface area contributed by atoms with E-state index in [1.54, 1.807) is 17.9 Å². The predicted molar refractivity (Wildman–Crippen MR) is 94.0 cm³/mol. The number of para-hydroxylation sites is 1. The topological polar surface area (TPSA) is 56.2 Å². The van der Waals surface area contributed by atoms with Crippen LogP contribution in [0, 0.1) is 13.8 Å². The summed E-state index contributed by atoms with van der Waals surface area (Å²) in [6.45, 7) is 3.87. The number of hydrogen-bond donors (Lipinski definition) is 1. The number of nitrogens with zero attached hydrogens (tertiary/aromatic N) is 2. The number of aromatic nitrogens is 2. The van der Waals surface area contributed by atoms with Crippen molar-refractivity contribution in [1.82, 2.24) is 9.78 Å². The molecule has 3 rings (SSSR count). The van der Waals surface area contributed by atoms with E-state index in [1.807, 2.05) is 62.4 Å². The highest BCUT2D eigenvalue weighted by Crippen LogP contribution is 2.19. The number of ether oxygens (including phenoxy) is 1. The van der Waals surface area contributed by atoms with Gasteiger partial charge in [-0.1, -0.05) is 24.3 Å². The zero-order chi connectivity index (χ0) is 17.1. The van der Waals surface area contributed by atoms with Crippen molar-refractivity contribution >= 4 is 11.6 Å². The van der Waals surface area contributed by atoms with Gasteiger partial charge in [0.2, 0.25) is 0 Å². The van der Waals surface area contributed by atoms with Gasteiger partial charge < -0.3 is 10.1 Å². The van der Waals surface area contributed by atoms with Crippen LogP contribution in [0.4, 0.5) is 5.69 Å². The minimum absolute atomic E-state index is 0.228. The number of carbonyl (C=O) groups is 1. The third kappa shape index (κ3) is 3.15. The molecule has 0 aliphatic heterocycles. The van der Waals surface area contributed by atoms with Gasteiger partial charge in [0.15, 0.2) is 5.69 Å². The van der Waals surface area contributed by atoms with E-state index < -0.39 is 0 Å². The summed E-state index contributed by atoms with van der Waals surface area (Å²) in [6.07, 6.45) is 0. The van der Waals surface area contributed by atoms with Crippen molar-refractivity contribution in [1.29, 1.82) is 0 Å². The van der Waals surface area contributed by atoms with Crippen molar-refractivity contribution in [2.75, 3.05) is 12.4 Å². The third-order valence-corrected chi connectivity index (χ3v) is 3.81. The highest BCUT2D eigenvalue weighted by molar-refractivity contribution is 6.03. The molecule has 2 aromatic carbocycles. The number of rotatable bonds is 4. The summed E-state index contributed by atoms with van der Waals surface area (Å²) < 4.78 is 6.97. The minimum atomic E-state index is -0.228. The Labute approximate surface area is 140 Å². The lowest BCUT2D eigenvalue weighted by Crippen LogP contribution is -2.14. The summed E-state index contributed by atoms with van der Waals surface area (Å²) in [4.78, 5) is 12.5. The molecule has 0 bridgehead atoms. The molecule has 1 aromatic heterocycles. The number of hydrogen-bond acceptors (Lipinski definition) is 3. The molecule has 0 aliphatic carbocycles. The summed E-state index contributed by atoms with van der Waals surface area (Å²) in [7, 11) is 1.62. The van der Waals surface area contributed by atoms with E-state index in [0.29, 0.717) is 5.69 Å². The maximum Gasteiger partial charge on any atom is 0.276 e. The van der Waals surface area contributed by atoms with Gasteiger partial charge in [-0.05, 0) is 43.7 Å². The first-order valence-electron chi connectivity index (χ1n) is 7.66. The number of benzene rings is 2. The van der Waals surface area contributed by atoms with E-state index in [2.05, 4.69) is 10.4 Å². The summed E-state index contributed by atoms with van der Waals surface area (Å²) >= 11 is 0. The average Bonchev–Trinajstić information content (AvgIpc) is 2.99. The van der Waals surface area contributed by atoms with Crippen LogP contribution in [0.3, 0.4) is 0 Å². The van der Waals surface area contributed by atoms with E-state index >= 15 is 0 Å². The molecule has 0 saturated carbocycles. The van der Waals surface area contributed by atoms with Crippen LogP contribution < -0.4 is 10.1 Å². The van der Waals surface area contributed by atoms with Crippen LogP contribution >= 0.6 is 0 Å². The molecule has 5 nitrogen and oxygen atoms in total. The number of methoxy groups -OCH3 is 1. The molecule has 0 atom stereocenters. The Bertz CT molecular complexity index is 884. The second-order valence-electron chi connectivity index (χ2n) is 5.55. The van der Waals surface area contributed by atoms with Crippen LogP contribution in [0.25, 0.3) is 5.69 Å². The minimum Gasteiger partial charge on any atom is -0.497 e. The van der Waals surface area contributed by atoms with Crippen molar-refractivity contribution in [2.45, 2.75) is 13.8 Å². The van der Waals surface area contributed by atoms with Crippen LogP contribution in [-0.2, 0) is 0 Å². The van der Waals surface area contributed by atoms with Crippen molar-refractivity contribution in [3.63, 3.8) is 0 Å². The first kappa shape index (κ1) is 15.8. The average molecular weight is 321 g/mol. The van der Waals surface area contributed by atoms with Crippen LogP contribution in [0.15, 0.2) is 54.6 Å². The summed E-state index contributed by atoms with van der Waals surface area (Å²) in [5.41, 5.74) is 3.89. The monoisotopic (exact) mass is 321 g/mol. The van der Waals surface area contributed by atoms with Gasteiger partial charge in [0.05, 0.1) is 12.8 Å². The van der Waals surface area contributed by atoms with Crippen LogP contribution in [0.5, 0.6) is 5.75 Å². The summed E-state index contributed by atoms with van der Waals surface area (Å²) in [5, 5.41) is 7.33. The maximum atomic E-state index is 12.5. The Hall–Kier alpha value is -3.08. The lowest BCUT2D eigenvalue weighted by Gasteiger charge is -2.07. The molecular formula is C19H19N3O2. The van der Waals surface area contributed by atoms with E-state index in [4.69, 9.17) is 4.74 Å². The summed E-state index contributed by atoms with van der Waals surface area (Å²) in [5.74, 6) is 0.516. The van der Waals surface area contributed by atoms with Gasteiger partial charge in [0.1, 0.15) is 5.75 Å². The van der Waals surface area contributed by atoms with E-state index in [0.717, 1.165) is 28.4 Å². The van der Waals surface area contributed by atoms with E-state index in [1.165, 1.54) is 0 Å². The van der Waals surface area contributed by atoms with Gasteiger partial charge in [-0.15, -0.1) is 0 Å². The zero-order valence-electron chi connectivity index (χ0n) is 13.9. The fourth-order valence-corrected chi connectivity index (χ4v) is 2.49. The Morgan fingerprint density at radius 1 is 1.08 bits per heavy atom. The quantitative estimate of drug-likeness (QED) is 0.796. The molecule has 122 valence electrons. The third-order valence-electron chi connectivity index (χ3n) is 3.81. The molecule has 0 fully saturated rings. The lowest BCUT2D eigenvalue weighted by molar-refractivity contribution is 0.102. The molecule has 24 heavy (non-hydrogen) atoms. The van der Waals surface area contributed by atoms with E-state index in [-0.39, 0.29) is 5.91 Å². The number of carbonyl (C=O) groups excluding carboxylic acids is 1. The first-order chi connectivity index (χ1) is 11.6. The summed E-state index contributed by atoms with van der Waals surface area (Å²) in [6, 6.07) is 17.0. The fourth-order valence-electron chi connectivity index (χ4n) is 2.49. The molecule has 0 aliphatic rings. The van der Waals surface area contributed by atoms with Gasteiger partial charge in [-0.25, -0.2) is 4.68 Å². The molecule has 0 saturated heterocycles. The highest BCUT2D eigenvalue weighted by atomic mass is 16.5. The molecule has 1 amide bonds. The smallest absolute Gasteiger partial charge is 0.276 e. The molecule has 1 heterocycles. The van der Waals surface area contributed by atoms with Crippen molar-refractivity contribution < 1.29 is 9.53 Å². The van der Waals surface area contributed by atoms with E-state index in [9.17, 15) is 4.79 Å². The van der Waals surface area contributed by atoms with Crippen molar-refractivity contribution in [3.05, 3.63) is 71.5 Å². The first-order valence-corrected chi connectivity index (χ1v) is 7.66. The van der Waals surface area contributed by atoms with Gasteiger partial charge in [0, 0.05) is 17.4 Å². The van der Waals surface area contributed by atoms with Gasteiger partial charge in [-0.3, -0.25) is 4.79 Å². The second kappa shape index (κ2) is 6.58. The van der Waals surface area contributed by atoms with Crippen LogP contribution in [0.1, 0.15) is 21.7 Å². The van der Waals surface area contributed by atoms with Gasteiger partial charge in [-0.2, -0.15) is 5.10 Å². The molecule has 0 radical (unpaired) electrons. The molecule has 0 spiro atoms. The Morgan fingerprint density at radius 3 is 2.62 bits per heavy atom.